The molecule has 7 heteroatoms. The minimum Gasteiger partial charge on any atom is -0.361 e. The highest BCUT2D eigenvalue weighted by molar-refractivity contribution is 7.98. The van der Waals surface area contributed by atoms with Crippen molar-refractivity contribution in [2.45, 2.75) is 70.2 Å². The molecule has 3 aromatic carbocycles. The van der Waals surface area contributed by atoms with Crippen LogP contribution in [0.5, 0.6) is 0 Å². The molecule has 1 heterocycles. The van der Waals surface area contributed by atoms with Crippen LogP contribution in [0.4, 0.5) is 5.69 Å². The summed E-state index contributed by atoms with van der Waals surface area (Å²) in [6, 6.07) is 23.4. The zero-order valence-corrected chi connectivity index (χ0v) is 24.2. The lowest BCUT2D eigenvalue weighted by atomic mass is 10.1. The van der Waals surface area contributed by atoms with E-state index in [1.54, 1.807) is 16.3 Å². The first-order chi connectivity index (χ1) is 19.0. The highest BCUT2D eigenvalue weighted by Gasteiger charge is 2.29. The van der Waals surface area contributed by atoms with Gasteiger partial charge in [-0.25, -0.2) is 4.98 Å². The Kier molecular flexibility index (Phi) is 10.2. The predicted octanol–water partition coefficient (Wildman–Crippen LogP) is 7.00. The zero-order valence-electron chi connectivity index (χ0n) is 23.4. The fourth-order valence-electron chi connectivity index (χ4n) is 4.98. The average Bonchev–Trinajstić information content (AvgIpc) is 2.97. The lowest BCUT2D eigenvalue weighted by Gasteiger charge is -2.36. The Hall–Kier alpha value is -3.13. The normalized spacial score (nSPS) is 13.1. The maximum absolute atomic E-state index is 14.0. The van der Waals surface area contributed by atoms with E-state index in [1.807, 2.05) is 71.8 Å². The molecular formula is C32H40N4O2S. The monoisotopic (exact) mass is 544 g/mol. The topological polar surface area (TPSA) is 70.4 Å². The van der Waals surface area contributed by atoms with Crippen molar-refractivity contribution in [3.05, 3.63) is 94.5 Å². The maximum atomic E-state index is 14.0. The molecule has 0 radical (unpaired) electrons. The molecule has 4 rings (SSSR count). The molecule has 1 unspecified atom stereocenters. The van der Waals surface area contributed by atoms with Gasteiger partial charge in [-0.05, 0) is 79.6 Å². The first-order valence-electron chi connectivity index (χ1n) is 14.0. The van der Waals surface area contributed by atoms with Gasteiger partial charge in [-0.3, -0.25) is 14.3 Å². The highest BCUT2D eigenvalue weighted by atomic mass is 32.2. The summed E-state index contributed by atoms with van der Waals surface area (Å²) >= 11 is 1.68. The lowest BCUT2D eigenvalue weighted by Crippen LogP contribution is -2.45. The van der Waals surface area contributed by atoms with Gasteiger partial charge in [0.05, 0.1) is 22.6 Å². The van der Waals surface area contributed by atoms with Crippen molar-refractivity contribution >= 4 is 28.4 Å². The molecule has 0 amide bonds. The van der Waals surface area contributed by atoms with E-state index in [9.17, 15) is 9.90 Å². The van der Waals surface area contributed by atoms with Gasteiger partial charge in [-0.1, -0.05) is 57.9 Å². The number of aliphatic hydroxyl groups excluding tert-OH is 1. The Morgan fingerprint density at radius 3 is 2.33 bits per heavy atom. The van der Waals surface area contributed by atoms with E-state index < -0.39 is 6.35 Å². The Morgan fingerprint density at radius 2 is 1.69 bits per heavy atom. The van der Waals surface area contributed by atoms with Crippen molar-refractivity contribution < 1.29 is 5.11 Å². The van der Waals surface area contributed by atoms with E-state index in [0.29, 0.717) is 29.7 Å². The SMILES string of the molecule is CCCCCN(C(CC)c1nc2ccccc2c(=O)n1-c1ccc(CC)cc1)[C@@H](O)Nc1ccc(SC)cc1. The minimum atomic E-state index is -0.953. The summed E-state index contributed by atoms with van der Waals surface area (Å²) < 4.78 is 1.74. The van der Waals surface area contributed by atoms with Crippen LogP contribution in [0.25, 0.3) is 16.6 Å². The second-order valence-corrected chi connectivity index (χ2v) is 10.6. The number of benzene rings is 3. The number of thioether (sulfide) groups is 1. The lowest BCUT2D eigenvalue weighted by molar-refractivity contribution is -0.0116. The number of anilines is 1. The predicted molar refractivity (Wildman–Crippen MR) is 164 cm³/mol. The number of fused-ring (bicyclic) bond motifs is 1. The van der Waals surface area contributed by atoms with Crippen LogP contribution in [0.15, 0.2) is 82.5 Å². The van der Waals surface area contributed by atoms with Crippen molar-refractivity contribution in [1.29, 1.82) is 0 Å². The molecule has 0 aliphatic heterocycles. The largest absolute Gasteiger partial charge is 0.361 e. The Bertz CT molecular complexity index is 1400. The number of hydrogen-bond donors (Lipinski definition) is 2. The second kappa shape index (κ2) is 13.8. The Balaban J connectivity index is 1.81. The number of para-hydroxylation sites is 1. The van der Waals surface area contributed by atoms with Crippen LogP contribution in [-0.4, -0.2) is 38.7 Å². The Morgan fingerprint density at radius 1 is 0.974 bits per heavy atom. The van der Waals surface area contributed by atoms with Crippen molar-refractivity contribution in [2.75, 3.05) is 18.1 Å². The van der Waals surface area contributed by atoms with Gasteiger partial charge in [0.2, 0.25) is 0 Å². The second-order valence-electron chi connectivity index (χ2n) is 9.76. The highest BCUT2D eigenvalue weighted by Crippen LogP contribution is 2.29. The summed E-state index contributed by atoms with van der Waals surface area (Å²) in [5.74, 6) is 0.639. The molecule has 0 aliphatic rings. The van der Waals surface area contributed by atoms with Gasteiger partial charge in [0.25, 0.3) is 5.56 Å². The van der Waals surface area contributed by atoms with E-state index in [1.165, 1.54) is 10.5 Å². The van der Waals surface area contributed by atoms with Crippen LogP contribution in [0.2, 0.25) is 0 Å². The standard InChI is InChI=1S/C32H40N4O2S/c1-5-8-11-22-35(32(38)33-24-16-20-26(39-4)21-17-24)29(7-3)30-34-28-13-10-9-12-27(28)31(37)36(30)25-18-14-23(6-2)15-19-25/h9-10,12-21,29,32-33,38H,5-8,11,22H2,1-4H3/t29?,32-/m0/s1. The summed E-state index contributed by atoms with van der Waals surface area (Å²) in [7, 11) is 0. The molecule has 0 bridgehead atoms. The molecule has 6 nitrogen and oxygen atoms in total. The van der Waals surface area contributed by atoms with E-state index in [-0.39, 0.29) is 11.6 Å². The van der Waals surface area contributed by atoms with Crippen LogP contribution in [0.3, 0.4) is 0 Å². The van der Waals surface area contributed by atoms with Crippen LogP contribution in [-0.2, 0) is 6.42 Å². The molecule has 0 spiro atoms. The van der Waals surface area contributed by atoms with Crippen molar-refractivity contribution in [3.63, 3.8) is 0 Å². The van der Waals surface area contributed by atoms with Gasteiger partial charge in [-0.2, -0.15) is 0 Å². The summed E-state index contributed by atoms with van der Waals surface area (Å²) in [5.41, 5.74) is 3.41. The molecule has 4 aromatic rings. The summed E-state index contributed by atoms with van der Waals surface area (Å²) in [6.07, 6.45) is 5.76. The molecule has 1 aromatic heterocycles. The number of hydrogen-bond acceptors (Lipinski definition) is 6. The molecular weight excluding hydrogens is 504 g/mol. The zero-order chi connectivity index (χ0) is 27.8. The number of aromatic nitrogens is 2. The van der Waals surface area contributed by atoms with E-state index >= 15 is 0 Å². The quantitative estimate of drug-likeness (QED) is 0.107. The van der Waals surface area contributed by atoms with Crippen LogP contribution in [0, 0.1) is 0 Å². The summed E-state index contributed by atoms with van der Waals surface area (Å²) in [6.45, 7) is 7.05. The van der Waals surface area contributed by atoms with Crippen molar-refractivity contribution in [2.24, 2.45) is 0 Å². The number of nitrogens with zero attached hydrogens (tertiary/aromatic N) is 3. The van der Waals surface area contributed by atoms with Gasteiger partial charge >= 0.3 is 0 Å². The fourth-order valence-corrected chi connectivity index (χ4v) is 5.39. The summed E-state index contributed by atoms with van der Waals surface area (Å²) in [4.78, 5) is 22.2. The third-order valence-corrected chi connectivity index (χ3v) is 7.95. The van der Waals surface area contributed by atoms with Crippen molar-refractivity contribution in [1.82, 2.24) is 14.5 Å². The number of unbranched alkanes of at least 4 members (excludes halogenated alkanes) is 2. The number of nitrogens with one attached hydrogen (secondary N) is 1. The Labute approximate surface area is 236 Å². The molecule has 2 atom stereocenters. The third kappa shape index (κ3) is 6.72. The van der Waals surface area contributed by atoms with E-state index in [4.69, 9.17) is 4.98 Å². The van der Waals surface area contributed by atoms with Gasteiger partial charge in [0, 0.05) is 17.1 Å². The molecule has 2 N–H and O–H groups in total. The van der Waals surface area contributed by atoms with E-state index in [0.717, 1.165) is 37.1 Å². The maximum Gasteiger partial charge on any atom is 0.266 e. The fraction of sp³-hybridized carbons (Fsp3) is 0.375. The third-order valence-electron chi connectivity index (χ3n) is 7.21. The molecule has 0 fully saturated rings. The van der Waals surface area contributed by atoms with Crippen LogP contribution >= 0.6 is 11.8 Å². The van der Waals surface area contributed by atoms with Crippen LogP contribution < -0.4 is 10.9 Å². The number of rotatable bonds is 13. The van der Waals surface area contributed by atoms with E-state index in [2.05, 4.69) is 38.2 Å². The van der Waals surface area contributed by atoms with Gasteiger partial charge in [0.15, 0.2) is 6.35 Å². The summed E-state index contributed by atoms with van der Waals surface area (Å²) in [5, 5.41) is 15.4. The first-order valence-corrected chi connectivity index (χ1v) is 15.2. The first kappa shape index (κ1) is 28.9. The van der Waals surface area contributed by atoms with Crippen molar-refractivity contribution in [3.8, 4) is 5.69 Å². The molecule has 0 aliphatic carbocycles. The smallest absolute Gasteiger partial charge is 0.266 e. The number of aliphatic hydroxyl groups is 1. The number of aryl methyl sites for hydroxylation is 1. The van der Waals surface area contributed by atoms with Crippen LogP contribution in [0.1, 0.15) is 63.9 Å². The van der Waals surface area contributed by atoms with Gasteiger partial charge < -0.3 is 10.4 Å². The molecule has 0 saturated carbocycles. The molecule has 39 heavy (non-hydrogen) atoms. The van der Waals surface area contributed by atoms with Gasteiger partial charge in [0.1, 0.15) is 5.82 Å². The molecule has 0 saturated heterocycles. The van der Waals surface area contributed by atoms with Gasteiger partial charge in [-0.15, -0.1) is 11.8 Å². The minimum absolute atomic E-state index is 0.0955. The average molecular weight is 545 g/mol. The molecule has 206 valence electrons.